The van der Waals surface area contributed by atoms with Gasteiger partial charge in [0.05, 0.1) is 0 Å². The predicted octanol–water partition coefficient (Wildman–Crippen LogP) is -4.04. The molecule has 1 rings (SSSR count). The van der Waals surface area contributed by atoms with E-state index in [0.29, 0.717) is 6.26 Å². The fraction of sp³-hybridized carbons (Fsp3) is 0. The molecule has 0 radical (unpaired) electrons. The van der Waals surface area contributed by atoms with Gasteiger partial charge in [-0.3, -0.25) is 0 Å². The van der Waals surface area contributed by atoms with Gasteiger partial charge in [-0.25, -0.2) is 9.98 Å². The van der Waals surface area contributed by atoms with E-state index in [1.165, 1.54) is 6.21 Å². The Balaban J connectivity index is 0.000001000. The van der Waals surface area contributed by atoms with Crippen molar-refractivity contribution in [2.45, 2.75) is 0 Å². The SMILES string of the molecule is NC1=NC(=S)N=C/C1=C\[O-].[K+]. The third-order valence-electron chi connectivity index (χ3n) is 0.953. The van der Waals surface area contributed by atoms with Gasteiger partial charge in [0, 0.05) is 11.8 Å². The van der Waals surface area contributed by atoms with Crippen LogP contribution in [0.5, 0.6) is 0 Å². The molecule has 0 amide bonds. The molecule has 0 saturated carbocycles. The number of aliphatic imine (C=N–C) groups is 2. The minimum Gasteiger partial charge on any atom is -0.877 e. The van der Waals surface area contributed by atoms with Gasteiger partial charge >= 0.3 is 51.4 Å². The molecule has 1 aliphatic heterocycles. The number of rotatable bonds is 0. The molecular weight excluding hydrogens is 189 g/mol. The second-order valence-corrected chi connectivity index (χ2v) is 1.98. The summed E-state index contributed by atoms with van der Waals surface area (Å²) in [6, 6.07) is 0. The van der Waals surface area contributed by atoms with Crippen LogP contribution in [0.15, 0.2) is 21.8 Å². The smallest absolute Gasteiger partial charge is 0.877 e. The third kappa shape index (κ3) is 3.10. The van der Waals surface area contributed by atoms with Crippen LogP contribution in [0.2, 0.25) is 0 Å². The molecule has 0 aromatic carbocycles. The number of thiocarbonyl (C=S) groups is 1. The third-order valence-corrected chi connectivity index (χ3v) is 1.15. The van der Waals surface area contributed by atoms with Crippen molar-refractivity contribution < 1.29 is 56.5 Å². The standard InChI is InChI=1S/C5H5N3OS.K/c6-4-3(2-9)1-7-5(10)8-4;/h1-2,9H,(H2,6,8,10);/q;+1/p-1/b3-2+;. The Kier molecular flexibility index (Phi) is 5.31. The molecule has 0 spiro atoms. The summed E-state index contributed by atoms with van der Waals surface area (Å²) in [4.78, 5) is 7.20. The molecule has 4 nitrogen and oxygen atoms in total. The zero-order chi connectivity index (χ0) is 7.56. The Labute approximate surface area is 112 Å². The van der Waals surface area contributed by atoms with Gasteiger partial charge in [-0.05, 0) is 12.2 Å². The average molecular weight is 193 g/mol. The maximum Gasteiger partial charge on any atom is 1.00 e. The van der Waals surface area contributed by atoms with Gasteiger partial charge < -0.3 is 10.8 Å². The van der Waals surface area contributed by atoms with Gasteiger partial charge in [0.25, 0.3) is 0 Å². The fourth-order valence-electron chi connectivity index (χ4n) is 0.478. The minimum absolute atomic E-state index is 0. The van der Waals surface area contributed by atoms with Crippen molar-refractivity contribution >= 4 is 29.4 Å². The van der Waals surface area contributed by atoms with E-state index in [4.69, 9.17) is 5.73 Å². The van der Waals surface area contributed by atoms with Crippen LogP contribution < -0.4 is 62.2 Å². The van der Waals surface area contributed by atoms with Gasteiger partial charge in [-0.2, -0.15) is 0 Å². The van der Waals surface area contributed by atoms with Crippen molar-refractivity contribution in [2.24, 2.45) is 15.7 Å². The van der Waals surface area contributed by atoms with Gasteiger partial charge in [-0.15, -0.1) is 6.26 Å². The quantitative estimate of drug-likeness (QED) is 0.242. The van der Waals surface area contributed by atoms with E-state index in [-0.39, 0.29) is 67.9 Å². The fourth-order valence-corrected chi connectivity index (χ4v) is 0.629. The molecule has 0 atom stereocenters. The molecular formula is C5H4KN3OS. The molecule has 0 aromatic rings. The van der Waals surface area contributed by atoms with Crippen molar-refractivity contribution in [3.8, 4) is 0 Å². The van der Waals surface area contributed by atoms with Crippen LogP contribution in [-0.4, -0.2) is 17.2 Å². The summed E-state index contributed by atoms with van der Waals surface area (Å²) in [7, 11) is 0. The van der Waals surface area contributed by atoms with Gasteiger partial charge in [0.2, 0.25) is 5.11 Å². The molecule has 0 aromatic heterocycles. The Hall–Kier alpha value is 0.406. The predicted molar refractivity (Wildman–Crippen MR) is 40.8 cm³/mol. The molecule has 0 fully saturated rings. The van der Waals surface area contributed by atoms with E-state index in [2.05, 4.69) is 22.2 Å². The molecule has 2 N–H and O–H groups in total. The van der Waals surface area contributed by atoms with E-state index in [1.54, 1.807) is 0 Å². The first-order chi connectivity index (χ1) is 4.74. The van der Waals surface area contributed by atoms with Gasteiger partial charge in [0.15, 0.2) is 0 Å². The van der Waals surface area contributed by atoms with Crippen molar-refractivity contribution in [2.75, 3.05) is 0 Å². The first-order valence-corrected chi connectivity index (χ1v) is 2.89. The van der Waals surface area contributed by atoms with Crippen LogP contribution in [0.3, 0.4) is 0 Å². The summed E-state index contributed by atoms with van der Waals surface area (Å²) in [5.41, 5.74) is 5.55. The topological polar surface area (TPSA) is 73.8 Å². The molecule has 0 aliphatic carbocycles. The molecule has 1 heterocycles. The van der Waals surface area contributed by atoms with E-state index in [0.717, 1.165) is 0 Å². The number of nitrogens with two attached hydrogens (primary N) is 1. The molecule has 0 unspecified atom stereocenters. The Bertz CT molecular complexity index is 258. The van der Waals surface area contributed by atoms with Gasteiger partial charge in [-0.1, -0.05) is 0 Å². The summed E-state index contributed by atoms with van der Waals surface area (Å²) in [6.07, 6.45) is 1.89. The van der Waals surface area contributed by atoms with Crippen LogP contribution in [0.1, 0.15) is 0 Å². The number of amidine groups is 1. The Morgan fingerprint density at radius 2 is 2.27 bits per heavy atom. The summed E-state index contributed by atoms with van der Waals surface area (Å²) in [5, 5.41) is 10.3. The molecule has 11 heavy (non-hydrogen) atoms. The normalized spacial score (nSPS) is 19.5. The van der Waals surface area contributed by atoms with Crippen LogP contribution in [-0.2, 0) is 0 Å². The Morgan fingerprint density at radius 1 is 1.64 bits per heavy atom. The molecule has 0 bridgehead atoms. The summed E-state index contributed by atoms with van der Waals surface area (Å²) >= 11 is 4.59. The van der Waals surface area contributed by atoms with E-state index in [9.17, 15) is 5.11 Å². The Morgan fingerprint density at radius 3 is 2.73 bits per heavy atom. The largest absolute Gasteiger partial charge is 1.00 e. The van der Waals surface area contributed by atoms with Crippen molar-refractivity contribution in [1.29, 1.82) is 0 Å². The summed E-state index contributed by atoms with van der Waals surface area (Å²) in [6.45, 7) is 0. The van der Waals surface area contributed by atoms with Gasteiger partial charge in [0.1, 0.15) is 5.84 Å². The van der Waals surface area contributed by atoms with E-state index < -0.39 is 0 Å². The van der Waals surface area contributed by atoms with Crippen molar-refractivity contribution in [1.82, 2.24) is 0 Å². The molecule has 0 saturated heterocycles. The number of nitrogens with zero attached hydrogens (tertiary/aromatic N) is 2. The van der Waals surface area contributed by atoms with E-state index >= 15 is 0 Å². The second kappa shape index (κ2) is 5.12. The van der Waals surface area contributed by atoms with E-state index in [1.807, 2.05) is 0 Å². The van der Waals surface area contributed by atoms with Crippen molar-refractivity contribution in [3.05, 3.63) is 11.8 Å². The average Bonchev–Trinajstić information content (AvgIpc) is 1.88. The zero-order valence-electron chi connectivity index (χ0n) is 5.94. The van der Waals surface area contributed by atoms with Crippen LogP contribution in [0, 0.1) is 0 Å². The molecule has 1 aliphatic rings. The van der Waals surface area contributed by atoms with Crippen LogP contribution in [0.25, 0.3) is 0 Å². The maximum absolute atomic E-state index is 10.1. The number of hydrogen-bond donors (Lipinski definition) is 1. The maximum atomic E-state index is 10.1. The zero-order valence-corrected chi connectivity index (χ0v) is 9.88. The first-order valence-electron chi connectivity index (χ1n) is 2.48. The molecule has 52 valence electrons. The van der Waals surface area contributed by atoms with Crippen LogP contribution >= 0.6 is 12.2 Å². The van der Waals surface area contributed by atoms with Crippen LogP contribution in [0.4, 0.5) is 0 Å². The summed E-state index contributed by atoms with van der Waals surface area (Å²) in [5.74, 6) is 0.134. The first kappa shape index (κ1) is 11.4. The minimum atomic E-state index is 0. The monoisotopic (exact) mass is 193 g/mol. The summed E-state index contributed by atoms with van der Waals surface area (Å²) < 4.78 is 0. The molecule has 6 heteroatoms. The van der Waals surface area contributed by atoms with Crippen molar-refractivity contribution in [3.63, 3.8) is 0 Å². The second-order valence-electron chi connectivity index (χ2n) is 1.61. The number of hydrogen-bond acceptors (Lipinski definition) is 3.